The molecule has 1 fully saturated rings. The zero-order chi connectivity index (χ0) is 10.8. The first-order valence-corrected chi connectivity index (χ1v) is 5.34. The predicted molar refractivity (Wildman–Crippen MR) is 55.5 cm³/mol. The summed E-state index contributed by atoms with van der Waals surface area (Å²) < 4.78 is 26.0. The smallest absolute Gasteiger partial charge is 0.126 e. The van der Waals surface area contributed by atoms with Crippen LogP contribution in [0.1, 0.15) is 31.4 Å². The molecule has 1 heterocycles. The Hall–Kier alpha value is -0.960. The zero-order valence-corrected chi connectivity index (χ0v) is 8.76. The molecule has 2 rings (SSSR count). The van der Waals surface area contributed by atoms with Gasteiger partial charge in [-0.1, -0.05) is 6.92 Å². The third-order valence-electron chi connectivity index (χ3n) is 2.95. The number of hydrogen-bond acceptors (Lipinski definition) is 1. The lowest BCUT2D eigenvalue weighted by Gasteiger charge is -2.28. The number of piperidine rings is 1. The molecule has 1 aliphatic rings. The van der Waals surface area contributed by atoms with Crippen molar-refractivity contribution in [3.8, 4) is 0 Å². The Morgan fingerprint density at radius 1 is 1.13 bits per heavy atom. The number of rotatable bonds is 1. The predicted octanol–water partition coefficient (Wildman–Crippen LogP) is 3.03. The molecule has 2 unspecified atom stereocenters. The van der Waals surface area contributed by atoms with E-state index in [0.717, 1.165) is 31.0 Å². The van der Waals surface area contributed by atoms with Gasteiger partial charge in [-0.2, -0.15) is 0 Å². The van der Waals surface area contributed by atoms with Crippen LogP contribution in [-0.4, -0.2) is 6.54 Å². The molecular weight excluding hydrogens is 196 g/mol. The van der Waals surface area contributed by atoms with Gasteiger partial charge in [-0.15, -0.1) is 0 Å². The summed E-state index contributed by atoms with van der Waals surface area (Å²) >= 11 is 0. The standard InChI is InChI=1S/C12H15F2N/c1-8-2-3-12(15-7-8)9-4-10(13)6-11(14)5-9/h4-6,8,12,15H,2-3,7H2,1H3. The van der Waals surface area contributed by atoms with Crippen LogP contribution in [0.5, 0.6) is 0 Å². The zero-order valence-electron chi connectivity index (χ0n) is 8.76. The van der Waals surface area contributed by atoms with Crippen LogP contribution in [0.25, 0.3) is 0 Å². The summed E-state index contributed by atoms with van der Waals surface area (Å²) in [6.07, 6.45) is 2.06. The minimum absolute atomic E-state index is 0.103. The minimum Gasteiger partial charge on any atom is -0.310 e. The molecule has 1 aromatic carbocycles. The van der Waals surface area contributed by atoms with Crippen molar-refractivity contribution in [3.05, 3.63) is 35.4 Å². The Morgan fingerprint density at radius 3 is 2.33 bits per heavy atom. The van der Waals surface area contributed by atoms with E-state index in [-0.39, 0.29) is 6.04 Å². The summed E-state index contributed by atoms with van der Waals surface area (Å²) in [6, 6.07) is 3.84. The van der Waals surface area contributed by atoms with Crippen molar-refractivity contribution < 1.29 is 8.78 Å². The van der Waals surface area contributed by atoms with Crippen LogP contribution >= 0.6 is 0 Å². The van der Waals surface area contributed by atoms with Crippen molar-refractivity contribution in [2.75, 3.05) is 6.54 Å². The molecule has 0 radical (unpaired) electrons. The molecule has 1 saturated heterocycles. The van der Waals surface area contributed by atoms with Crippen molar-refractivity contribution >= 4 is 0 Å². The van der Waals surface area contributed by atoms with E-state index in [9.17, 15) is 8.78 Å². The largest absolute Gasteiger partial charge is 0.310 e. The van der Waals surface area contributed by atoms with Gasteiger partial charge in [-0.3, -0.25) is 0 Å². The van der Waals surface area contributed by atoms with Crippen LogP contribution in [0, 0.1) is 17.6 Å². The molecule has 0 spiro atoms. The fourth-order valence-electron chi connectivity index (χ4n) is 2.06. The van der Waals surface area contributed by atoms with E-state index in [4.69, 9.17) is 0 Å². The first-order valence-electron chi connectivity index (χ1n) is 5.34. The van der Waals surface area contributed by atoms with Crippen LogP contribution in [0.15, 0.2) is 18.2 Å². The van der Waals surface area contributed by atoms with Crippen LogP contribution in [0.3, 0.4) is 0 Å². The van der Waals surface area contributed by atoms with Gasteiger partial charge in [0.25, 0.3) is 0 Å². The maximum absolute atomic E-state index is 13.0. The van der Waals surface area contributed by atoms with Crippen LogP contribution in [0.2, 0.25) is 0 Å². The summed E-state index contributed by atoms with van der Waals surface area (Å²) in [7, 11) is 0. The second kappa shape index (κ2) is 4.27. The Labute approximate surface area is 88.5 Å². The summed E-state index contributed by atoms with van der Waals surface area (Å²) in [5, 5.41) is 3.31. The van der Waals surface area contributed by atoms with Gasteiger partial charge in [0.2, 0.25) is 0 Å². The highest BCUT2D eigenvalue weighted by atomic mass is 19.1. The molecule has 0 aromatic heterocycles. The van der Waals surface area contributed by atoms with E-state index >= 15 is 0 Å². The van der Waals surface area contributed by atoms with Gasteiger partial charge >= 0.3 is 0 Å². The summed E-state index contributed by atoms with van der Waals surface area (Å²) in [6.45, 7) is 3.10. The average molecular weight is 211 g/mol. The highest BCUT2D eigenvalue weighted by Crippen LogP contribution is 2.26. The van der Waals surface area contributed by atoms with Gasteiger partial charge in [0.15, 0.2) is 0 Å². The summed E-state index contributed by atoms with van der Waals surface area (Å²) in [4.78, 5) is 0. The average Bonchev–Trinajstić information content (AvgIpc) is 2.17. The molecule has 1 aromatic rings. The maximum atomic E-state index is 13.0. The number of hydrogen-bond donors (Lipinski definition) is 1. The molecular formula is C12H15F2N. The molecule has 0 aliphatic carbocycles. The summed E-state index contributed by atoms with van der Waals surface area (Å²) in [5.74, 6) is -0.337. The van der Waals surface area contributed by atoms with E-state index < -0.39 is 11.6 Å². The van der Waals surface area contributed by atoms with Crippen LogP contribution < -0.4 is 5.32 Å². The first-order chi connectivity index (χ1) is 7.15. The third kappa shape index (κ3) is 2.53. The van der Waals surface area contributed by atoms with Gasteiger partial charge in [-0.05, 0) is 43.0 Å². The molecule has 3 heteroatoms. The van der Waals surface area contributed by atoms with Gasteiger partial charge in [0, 0.05) is 12.1 Å². The number of halogens is 2. The maximum Gasteiger partial charge on any atom is 0.126 e. The van der Waals surface area contributed by atoms with Gasteiger partial charge in [0.05, 0.1) is 0 Å². The second-order valence-corrected chi connectivity index (χ2v) is 4.35. The van der Waals surface area contributed by atoms with Crippen molar-refractivity contribution in [2.45, 2.75) is 25.8 Å². The van der Waals surface area contributed by atoms with Gasteiger partial charge in [0.1, 0.15) is 11.6 Å². The highest BCUT2D eigenvalue weighted by Gasteiger charge is 2.19. The Bertz CT molecular complexity index is 323. The fraction of sp³-hybridized carbons (Fsp3) is 0.500. The third-order valence-corrected chi connectivity index (χ3v) is 2.95. The van der Waals surface area contributed by atoms with Gasteiger partial charge in [-0.25, -0.2) is 8.78 Å². The van der Waals surface area contributed by atoms with Crippen LogP contribution in [-0.2, 0) is 0 Å². The van der Waals surface area contributed by atoms with Crippen LogP contribution in [0.4, 0.5) is 8.78 Å². The lowest BCUT2D eigenvalue weighted by Crippen LogP contribution is -2.31. The van der Waals surface area contributed by atoms with E-state index in [0.29, 0.717) is 5.92 Å². The molecule has 0 bridgehead atoms. The quantitative estimate of drug-likeness (QED) is 0.753. The van der Waals surface area contributed by atoms with Gasteiger partial charge < -0.3 is 5.32 Å². The van der Waals surface area contributed by atoms with E-state index in [1.165, 1.54) is 12.1 Å². The molecule has 82 valence electrons. The number of benzene rings is 1. The second-order valence-electron chi connectivity index (χ2n) is 4.35. The molecule has 0 saturated carbocycles. The molecule has 2 atom stereocenters. The summed E-state index contributed by atoms with van der Waals surface area (Å²) in [5.41, 5.74) is 0.722. The van der Waals surface area contributed by atoms with E-state index in [2.05, 4.69) is 12.2 Å². The number of nitrogens with one attached hydrogen (secondary N) is 1. The topological polar surface area (TPSA) is 12.0 Å². The fourth-order valence-corrected chi connectivity index (χ4v) is 2.06. The Morgan fingerprint density at radius 2 is 1.80 bits per heavy atom. The van der Waals surface area contributed by atoms with E-state index in [1.807, 2.05) is 0 Å². The molecule has 1 aliphatic heterocycles. The van der Waals surface area contributed by atoms with E-state index in [1.54, 1.807) is 0 Å². The van der Waals surface area contributed by atoms with Crippen molar-refractivity contribution in [2.24, 2.45) is 5.92 Å². The normalized spacial score (nSPS) is 26.6. The molecule has 15 heavy (non-hydrogen) atoms. The molecule has 1 N–H and O–H groups in total. The Kier molecular flexibility index (Phi) is 3.00. The lowest BCUT2D eigenvalue weighted by molar-refractivity contribution is 0.331. The van der Waals surface area contributed by atoms with Crippen molar-refractivity contribution in [1.82, 2.24) is 5.32 Å². The Balaban J connectivity index is 2.15. The monoisotopic (exact) mass is 211 g/mol. The minimum atomic E-state index is -0.495. The first kappa shape index (κ1) is 10.6. The SMILES string of the molecule is CC1CCC(c2cc(F)cc(F)c2)NC1. The van der Waals surface area contributed by atoms with Crippen molar-refractivity contribution in [1.29, 1.82) is 0 Å². The van der Waals surface area contributed by atoms with Crippen molar-refractivity contribution in [3.63, 3.8) is 0 Å². The molecule has 0 amide bonds. The highest BCUT2D eigenvalue weighted by molar-refractivity contribution is 5.21. The lowest BCUT2D eigenvalue weighted by atomic mass is 9.92. The molecule has 1 nitrogen and oxygen atoms in total.